The van der Waals surface area contributed by atoms with E-state index in [4.69, 9.17) is 0 Å². The molecule has 2 aromatic rings. The number of aromatic hydroxyl groups is 1. The Labute approximate surface area is 168 Å². The van der Waals surface area contributed by atoms with Gasteiger partial charge in [-0.1, -0.05) is 6.07 Å². The summed E-state index contributed by atoms with van der Waals surface area (Å²) in [5.41, 5.74) is -1.74. The van der Waals surface area contributed by atoms with Crippen LogP contribution in [0.2, 0.25) is 0 Å². The molecule has 2 amide bonds. The average Bonchev–Trinajstić information content (AvgIpc) is 2.87. The lowest BCUT2D eigenvalue weighted by Gasteiger charge is -2.34. The SMILES string of the molecule is O=C(NCc1ccc(F)cc1F)c1cn2c(c(O)c1=O)C(=O)N1C[C@@H](F)CC[C@H]2C1. The highest BCUT2D eigenvalue weighted by molar-refractivity contribution is 5.99. The van der Waals surface area contributed by atoms with Gasteiger partial charge in [-0.25, -0.2) is 13.2 Å². The Bertz CT molecular complexity index is 1100. The number of alkyl halides is 1. The maximum atomic E-state index is 13.9. The second-order valence-electron chi connectivity index (χ2n) is 7.43. The maximum Gasteiger partial charge on any atom is 0.274 e. The van der Waals surface area contributed by atoms with Crippen molar-refractivity contribution >= 4 is 11.8 Å². The minimum absolute atomic E-state index is 0.00982. The molecule has 2 N–H and O–H groups in total. The zero-order valence-electron chi connectivity index (χ0n) is 15.7. The van der Waals surface area contributed by atoms with Crippen LogP contribution in [0.3, 0.4) is 0 Å². The Morgan fingerprint density at radius 3 is 2.70 bits per heavy atom. The molecule has 1 aromatic heterocycles. The van der Waals surface area contributed by atoms with Crippen molar-refractivity contribution in [2.75, 3.05) is 13.1 Å². The Kier molecular flexibility index (Phi) is 5.00. The number of benzene rings is 1. The molecule has 0 radical (unpaired) electrons. The second kappa shape index (κ2) is 7.51. The van der Waals surface area contributed by atoms with Crippen molar-refractivity contribution < 1.29 is 27.9 Å². The summed E-state index contributed by atoms with van der Waals surface area (Å²) in [6, 6.07) is 2.47. The Morgan fingerprint density at radius 1 is 1.20 bits per heavy atom. The summed E-state index contributed by atoms with van der Waals surface area (Å²) in [5, 5.41) is 12.7. The van der Waals surface area contributed by atoms with Gasteiger partial charge in [0.05, 0.1) is 12.6 Å². The van der Waals surface area contributed by atoms with E-state index in [1.165, 1.54) is 15.7 Å². The molecule has 1 saturated heterocycles. The fourth-order valence-electron chi connectivity index (χ4n) is 3.88. The van der Waals surface area contributed by atoms with Gasteiger partial charge in [0.25, 0.3) is 11.8 Å². The summed E-state index contributed by atoms with van der Waals surface area (Å²) >= 11 is 0. The van der Waals surface area contributed by atoms with E-state index in [0.717, 1.165) is 12.1 Å². The molecule has 1 aromatic carbocycles. The molecule has 0 saturated carbocycles. The molecule has 7 nitrogen and oxygen atoms in total. The number of halogens is 3. The van der Waals surface area contributed by atoms with Crippen LogP contribution in [0.15, 0.2) is 29.2 Å². The number of nitrogens with one attached hydrogen (secondary N) is 1. The molecular weight excluding hydrogens is 403 g/mol. The van der Waals surface area contributed by atoms with E-state index in [1.54, 1.807) is 0 Å². The Morgan fingerprint density at radius 2 is 1.97 bits per heavy atom. The highest BCUT2D eigenvalue weighted by Gasteiger charge is 2.38. The van der Waals surface area contributed by atoms with E-state index in [0.29, 0.717) is 12.5 Å². The molecule has 0 aliphatic carbocycles. The summed E-state index contributed by atoms with van der Waals surface area (Å²) in [4.78, 5) is 39.0. The summed E-state index contributed by atoms with van der Waals surface area (Å²) in [6.07, 6.45) is 0.525. The fraction of sp³-hybridized carbons (Fsp3) is 0.350. The lowest BCUT2D eigenvalue weighted by Crippen LogP contribution is -2.45. The topological polar surface area (TPSA) is 91.6 Å². The first-order valence-corrected chi connectivity index (χ1v) is 9.40. The molecule has 10 heteroatoms. The van der Waals surface area contributed by atoms with E-state index >= 15 is 0 Å². The summed E-state index contributed by atoms with van der Waals surface area (Å²) in [7, 11) is 0. The van der Waals surface area contributed by atoms with Crippen LogP contribution in [-0.4, -0.2) is 45.6 Å². The van der Waals surface area contributed by atoms with Crippen molar-refractivity contribution in [3.63, 3.8) is 0 Å². The average molecular weight is 421 g/mol. The summed E-state index contributed by atoms with van der Waals surface area (Å²) in [5.74, 6) is -4.07. The summed E-state index contributed by atoms with van der Waals surface area (Å²) in [6.45, 7) is -0.225. The minimum atomic E-state index is -1.21. The predicted molar refractivity (Wildman–Crippen MR) is 99.0 cm³/mol. The van der Waals surface area contributed by atoms with Crippen LogP contribution in [0.4, 0.5) is 13.2 Å². The third-order valence-electron chi connectivity index (χ3n) is 5.46. The van der Waals surface area contributed by atoms with Gasteiger partial charge in [0, 0.05) is 30.9 Å². The molecule has 30 heavy (non-hydrogen) atoms. The number of carbonyl (C=O) groups excluding carboxylic acids is 2. The molecule has 3 heterocycles. The van der Waals surface area contributed by atoms with E-state index in [1.807, 2.05) is 0 Å². The number of fused-ring (bicyclic) bond motifs is 4. The number of nitrogens with zero attached hydrogens (tertiary/aromatic N) is 2. The Balaban J connectivity index is 1.66. The van der Waals surface area contributed by atoms with Crippen LogP contribution in [-0.2, 0) is 6.54 Å². The molecule has 2 atom stereocenters. The second-order valence-corrected chi connectivity index (χ2v) is 7.43. The molecule has 4 rings (SSSR count). The van der Waals surface area contributed by atoms with Gasteiger partial charge in [0.1, 0.15) is 23.4 Å². The predicted octanol–water partition coefficient (Wildman–Crippen LogP) is 1.89. The van der Waals surface area contributed by atoms with E-state index in [9.17, 15) is 32.7 Å². The van der Waals surface area contributed by atoms with Crippen molar-refractivity contribution in [3.8, 4) is 5.75 Å². The third-order valence-corrected chi connectivity index (χ3v) is 5.46. The molecular formula is C20H18F3N3O4. The van der Waals surface area contributed by atoms with Gasteiger partial charge in [-0.2, -0.15) is 0 Å². The van der Waals surface area contributed by atoms with Gasteiger partial charge >= 0.3 is 0 Å². The number of aromatic nitrogens is 1. The van der Waals surface area contributed by atoms with Gasteiger partial charge in [0.2, 0.25) is 5.43 Å². The molecule has 1 fully saturated rings. The van der Waals surface area contributed by atoms with E-state index in [-0.39, 0.29) is 37.3 Å². The first-order valence-electron chi connectivity index (χ1n) is 9.40. The Hall–Kier alpha value is -3.30. The molecule has 2 bridgehead atoms. The third kappa shape index (κ3) is 3.42. The molecule has 2 aliphatic heterocycles. The number of pyridine rings is 1. The minimum Gasteiger partial charge on any atom is -0.503 e. The monoisotopic (exact) mass is 421 g/mol. The van der Waals surface area contributed by atoms with Crippen LogP contribution < -0.4 is 10.7 Å². The first kappa shape index (κ1) is 20.0. The van der Waals surface area contributed by atoms with Crippen LogP contribution in [0.25, 0.3) is 0 Å². The van der Waals surface area contributed by atoms with Crippen molar-refractivity contribution in [1.82, 2.24) is 14.8 Å². The summed E-state index contributed by atoms with van der Waals surface area (Å²) < 4.78 is 42.0. The van der Waals surface area contributed by atoms with Gasteiger partial charge in [-0.05, 0) is 18.9 Å². The molecule has 0 unspecified atom stereocenters. The van der Waals surface area contributed by atoms with E-state index < -0.39 is 52.4 Å². The number of hydrogen-bond acceptors (Lipinski definition) is 4. The highest BCUT2D eigenvalue weighted by Crippen LogP contribution is 2.32. The van der Waals surface area contributed by atoms with Crippen molar-refractivity contribution in [2.45, 2.75) is 31.6 Å². The van der Waals surface area contributed by atoms with Crippen molar-refractivity contribution in [3.05, 3.63) is 63.1 Å². The lowest BCUT2D eigenvalue weighted by molar-refractivity contribution is 0.0646. The van der Waals surface area contributed by atoms with Gasteiger partial charge in [0.15, 0.2) is 11.4 Å². The normalized spacial score (nSPS) is 20.5. The number of rotatable bonds is 3. The maximum absolute atomic E-state index is 13.9. The highest BCUT2D eigenvalue weighted by atomic mass is 19.1. The number of hydrogen-bond donors (Lipinski definition) is 2. The van der Waals surface area contributed by atoms with Crippen LogP contribution in [0.5, 0.6) is 5.75 Å². The quantitative estimate of drug-likeness (QED) is 0.792. The zero-order valence-corrected chi connectivity index (χ0v) is 15.7. The van der Waals surface area contributed by atoms with E-state index in [2.05, 4.69) is 5.32 Å². The van der Waals surface area contributed by atoms with Gasteiger partial charge in [-0.3, -0.25) is 14.4 Å². The van der Waals surface area contributed by atoms with Crippen molar-refractivity contribution in [1.29, 1.82) is 0 Å². The lowest BCUT2D eigenvalue weighted by atomic mass is 10.1. The number of carbonyl (C=O) groups is 2. The smallest absolute Gasteiger partial charge is 0.274 e. The molecule has 158 valence electrons. The van der Waals surface area contributed by atoms with Crippen LogP contribution in [0, 0.1) is 11.6 Å². The molecule has 0 spiro atoms. The van der Waals surface area contributed by atoms with Crippen LogP contribution in [0.1, 0.15) is 45.3 Å². The largest absolute Gasteiger partial charge is 0.503 e. The van der Waals surface area contributed by atoms with Gasteiger partial charge < -0.3 is 19.9 Å². The standard InChI is InChI=1S/C20H18F3N3O4/c21-11-2-1-10(15(23)5-11)6-24-19(29)14-9-26-13-4-3-12(22)7-25(8-13)20(30)16(26)18(28)17(14)27/h1-2,5,9,12-13,28H,3-4,6-8H2,(H,24,29)/t12-,13-/m0/s1. The van der Waals surface area contributed by atoms with Crippen LogP contribution >= 0.6 is 0 Å². The van der Waals surface area contributed by atoms with Crippen molar-refractivity contribution in [2.24, 2.45) is 0 Å². The zero-order chi connectivity index (χ0) is 21.6. The van der Waals surface area contributed by atoms with Gasteiger partial charge in [-0.15, -0.1) is 0 Å². The fourth-order valence-corrected chi connectivity index (χ4v) is 3.88. The number of amides is 2. The molecule has 2 aliphatic rings. The first-order chi connectivity index (χ1) is 14.3.